The van der Waals surface area contributed by atoms with Gasteiger partial charge in [0.1, 0.15) is 0 Å². The van der Waals surface area contributed by atoms with Crippen molar-refractivity contribution in [3.8, 4) is 0 Å². The molecular weight excluding hydrogens is 158 g/mol. The van der Waals surface area contributed by atoms with Gasteiger partial charge in [0.15, 0.2) is 0 Å². The predicted octanol–water partition coefficient (Wildman–Crippen LogP) is 2.46. The van der Waals surface area contributed by atoms with Crippen molar-refractivity contribution < 1.29 is 0 Å². The van der Waals surface area contributed by atoms with Crippen molar-refractivity contribution >= 4 is 5.69 Å². The fourth-order valence-corrected chi connectivity index (χ4v) is 2.59. The van der Waals surface area contributed by atoms with Gasteiger partial charge in [0.2, 0.25) is 0 Å². The number of fused-ring (bicyclic) bond motifs is 1. The molecule has 0 N–H and O–H groups in total. The van der Waals surface area contributed by atoms with E-state index in [9.17, 15) is 0 Å². The van der Waals surface area contributed by atoms with Crippen LogP contribution in [0.3, 0.4) is 0 Å². The lowest BCUT2D eigenvalue weighted by Gasteiger charge is -2.33. The second-order valence-electron chi connectivity index (χ2n) is 4.66. The number of anilines is 1. The topological polar surface area (TPSA) is 3.24 Å². The van der Waals surface area contributed by atoms with E-state index in [0.29, 0.717) is 5.41 Å². The average molecular weight is 173 g/mol. The lowest BCUT2D eigenvalue weighted by molar-refractivity contribution is 0.487. The van der Waals surface area contributed by atoms with E-state index in [1.54, 1.807) is 5.56 Å². The number of hydrogen-bond donors (Lipinski definition) is 0. The first-order valence-corrected chi connectivity index (χ1v) is 5.08. The van der Waals surface area contributed by atoms with E-state index in [4.69, 9.17) is 0 Å². The zero-order valence-electron chi connectivity index (χ0n) is 8.09. The van der Waals surface area contributed by atoms with Crippen molar-refractivity contribution in [2.24, 2.45) is 5.41 Å². The summed E-state index contributed by atoms with van der Waals surface area (Å²) >= 11 is 0. The highest BCUT2D eigenvalue weighted by Crippen LogP contribution is 2.52. The van der Waals surface area contributed by atoms with Crippen LogP contribution >= 0.6 is 0 Å². The molecule has 13 heavy (non-hydrogen) atoms. The number of rotatable bonds is 0. The molecule has 0 amide bonds. The molecule has 1 heteroatoms. The number of hydrogen-bond acceptors (Lipinski definition) is 1. The second-order valence-corrected chi connectivity index (χ2v) is 4.66. The monoisotopic (exact) mass is 173 g/mol. The van der Waals surface area contributed by atoms with Crippen LogP contribution in [-0.2, 0) is 6.42 Å². The molecule has 2 aliphatic rings. The first-order valence-electron chi connectivity index (χ1n) is 5.08. The van der Waals surface area contributed by atoms with E-state index >= 15 is 0 Å². The van der Waals surface area contributed by atoms with Gasteiger partial charge in [-0.3, -0.25) is 0 Å². The summed E-state index contributed by atoms with van der Waals surface area (Å²) in [6.07, 6.45) is 4.19. The Hall–Kier alpha value is -0.980. The summed E-state index contributed by atoms with van der Waals surface area (Å²) in [4.78, 5) is 2.42. The minimum atomic E-state index is 0.670. The van der Waals surface area contributed by atoms with E-state index < -0.39 is 0 Å². The maximum atomic E-state index is 2.42. The zero-order chi connectivity index (χ0) is 8.89. The highest BCUT2D eigenvalue weighted by molar-refractivity contribution is 5.56. The van der Waals surface area contributed by atoms with Crippen molar-refractivity contribution in [1.29, 1.82) is 0 Å². The molecule has 1 saturated carbocycles. The van der Waals surface area contributed by atoms with Gasteiger partial charge in [-0.05, 0) is 36.3 Å². The van der Waals surface area contributed by atoms with Crippen LogP contribution in [0.15, 0.2) is 24.3 Å². The van der Waals surface area contributed by atoms with Gasteiger partial charge in [-0.15, -0.1) is 0 Å². The smallest absolute Gasteiger partial charge is 0.0396 e. The van der Waals surface area contributed by atoms with Crippen LogP contribution in [0.4, 0.5) is 5.69 Å². The van der Waals surface area contributed by atoms with Crippen LogP contribution in [0.2, 0.25) is 0 Å². The molecule has 1 aromatic rings. The summed E-state index contributed by atoms with van der Waals surface area (Å²) in [5.41, 5.74) is 3.66. The first-order chi connectivity index (χ1) is 6.29. The standard InChI is InChI=1S/C12H15N/c1-13-9-12(6-7-12)8-10-4-2-3-5-11(10)13/h2-5H,6-9H2,1H3. The number of nitrogens with zero attached hydrogens (tertiary/aromatic N) is 1. The maximum Gasteiger partial charge on any atom is 0.0396 e. The molecule has 0 atom stereocenters. The van der Waals surface area contributed by atoms with Crippen LogP contribution < -0.4 is 4.90 Å². The Labute approximate surface area is 79.4 Å². The summed E-state index contributed by atoms with van der Waals surface area (Å²) in [5, 5.41) is 0. The van der Waals surface area contributed by atoms with Crippen LogP contribution in [0.5, 0.6) is 0 Å². The van der Waals surface area contributed by atoms with Crippen LogP contribution in [0.1, 0.15) is 18.4 Å². The Morgan fingerprint density at radius 1 is 1.23 bits per heavy atom. The van der Waals surface area contributed by atoms with E-state index in [0.717, 1.165) is 0 Å². The SMILES string of the molecule is CN1CC2(CC2)Cc2ccccc21. The molecule has 1 aromatic carbocycles. The van der Waals surface area contributed by atoms with Crippen molar-refractivity contribution in [2.75, 3.05) is 18.5 Å². The van der Waals surface area contributed by atoms with Crippen LogP contribution in [0, 0.1) is 5.41 Å². The molecule has 3 rings (SSSR count). The molecule has 1 heterocycles. The third-order valence-electron chi connectivity index (χ3n) is 3.50. The van der Waals surface area contributed by atoms with Gasteiger partial charge in [0, 0.05) is 19.3 Å². The normalized spacial score (nSPS) is 23.0. The van der Waals surface area contributed by atoms with Gasteiger partial charge in [-0.2, -0.15) is 0 Å². The minimum absolute atomic E-state index is 0.670. The number of benzene rings is 1. The molecule has 0 saturated heterocycles. The van der Waals surface area contributed by atoms with Gasteiger partial charge in [-0.1, -0.05) is 18.2 Å². The molecule has 1 fully saturated rings. The van der Waals surface area contributed by atoms with E-state index in [2.05, 4.69) is 36.2 Å². The molecule has 1 aliphatic heterocycles. The summed E-state index contributed by atoms with van der Waals surface area (Å²) in [7, 11) is 2.22. The summed E-state index contributed by atoms with van der Waals surface area (Å²) in [6, 6.07) is 8.82. The Morgan fingerprint density at radius 2 is 2.00 bits per heavy atom. The molecule has 0 radical (unpaired) electrons. The van der Waals surface area contributed by atoms with E-state index in [1.807, 2.05) is 0 Å². The Kier molecular flexibility index (Phi) is 1.30. The van der Waals surface area contributed by atoms with Gasteiger partial charge in [0.05, 0.1) is 0 Å². The summed E-state index contributed by atoms with van der Waals surface area (Å²) < 4.78 is 0. The lowest BCUT2D eigenvalue weighted by Crippen LogP contribution is -2.33. The molecule has 0 bridgehead atoms. The van der Waals surface area contributed by atoms with E-state index in [1.165, 1.54) is 31.5 Å². The predicted molar refractivity (Wildman–Crippen MR) is 55.1 cm³/mol. The van der Waals surface area contributed by atoms with Crippen molar-refractivity contribution in [3.63, 3.8) is 0 Å². The molecule has 1 nitrogen and oxygen atoms in total. The van der Waals surface area contributed by atoms with Crippen molar-refractivity contribution in [1.82, 2.24) is 0 Å². The van der Waals surface area contributed by atoms with Gasteiger partial charge in [0.25, 0.3) is 0 Å². The van der Waals surface area contributed by atoms with Gasteiger partial charge >= 0.3 is 0 Å². The highest BCUT2D eigenvalue weighted by Gasteiger charge is 2.46. The van der Waals surface area contributed by atoms with Crippen LogP contribution in [0.25, 0.3) is 0 Å². The third kappa shape index (κ3) is 1.06. The number of para-hydroxylation sites is 1. The fourth-order valence-electron chi connectivity index (χ4n) is 2.59. The Balaban J connectivity index is 2.05. The molecule has 1 aliphatic carbocycles. The van der Waals surface area contributed by atoms with Gasteiger partial charge in [-0.25, -0.2) is 0 Å². The van der Waals surface area contributed by atoms with Gasteiger partial charge < -0.3 is 4.90 Å². The second kappa shape index (κ2) is 2.28. The first kappa shape index (κ1) is 7.43. The van der Waals surface area contributed by atoms with Crippen LogP contribution in [-0.4, -0.2) is 13.6 Å². The maximum absolute atomic E-state index is 2.42. The molecule has 68 valence electrons. The van der Waals surface area contributed by atoms with Crippen molar-refractivity contribution in [3.05, 3.63) is 29.8 Å². The zero-order valence-corrected chi connectivity index (χ0v) is 8.09. The lowest BCUT2D eigenvalue weighted by atomic mass is 9.90. The molecule has 0 aromatic heterocycles. The largest absolute Gasteiger partial charge is 0.374 e. The summed E-state index contributed by atoms with van der Waals surface area (Å²) in [6.45, 7) is 1.27. The average Bonchev–Trinajstić information content (AvgIpc) is 2.85. The quantitative estimate of drug-likeness (QED) is 0.582. The molecule has 1 spiro atoms. The van der Waals surface area contributed by atoms with E-state index in [-0.39, 0.29) is 0 Å². The minimum Gasteiger partial charge on any atom is -0.374 e. The third-order valence-corrected chi connectivity index (χ3v) is 3.50. The van der Waals surface area contributed by atoms with Crippen molar-refractivity contribution in [2.45, 2.75) is 19.3 Å². The Morgan fingerprint density at radius 3 is 2.77 bits per heavy atom. The summed E-state index contributed by atoms with van der Waals surface area (Å²) in [5.74, 6) is 0. The highest BCUT2D eigenvalue weighted by atomic mass is 15.1. The molecule has 0 unspecified atom stereocenters. The fraction of sp³-hybridized carbons (Fsp3) is 0.500. The Bertz CT molecular complexity index is 339. The molecular formula is C12H15N.